The lowest BCUT2D eigenvalue weighted by Gasteiger charge is -2.07. The van der Waals surface area contributed by atoms with Crippen LogP contribution < -0.4 is 0 Å². The van der Waals surface area contributed by atoms with Crippen molar-refractivity contribution >= 4 is 0 Å². The summed E-state index contributed by atoms with van der Waals surface area (Å²) in [6, 6.07) is 14.3. The minimum absolute atomic E-state index is 0.521. The Balaban J connectivity index is 1.98. The highest BCUT2D eigenvalue weighted by molar-refractivity contribution is 5.61. The fourth-order valence-electron chi connectivity index (χ4n) is 2.15. The van der Waals surface area contributed by atoms with Crippen LogP contribution in [0.25, 0.3) is 22.8 Å². The van der Waals surface area contributed by atoms with Gasteiger partial charge in [-0.05, 0) is 12.1 Å². The van der Waals surface area contributed by atoms with Crippen LogP contribution in [0.3, 0.4) is 0 Å². The van der Waals surface area contributed by atoms with E-state index >= 15 is 0 Å². The summed E-state index contributed by atoms with van der Waals surface area (Å²) in [6.45, 7) is 0. The van der Waals surface area contributed by atoms with Crippen molar-refractivity contribution in [2.45, 2.75) is 6.18 Å². The van der Waals surface area contributed by atoms with Gasteiger partial charge in [0.1, 0.15) is 0 Å². The predicted molar refractivity (Wildman–Crippen MR) is 76.9 cm³/mol. The molecule has 0 amide bonds. The minimum Gasteiger partial charge on any atom is -0.248 e. The van der Waals surface area contributed by atoms with E-state index in [1.165, 1.54) is 12.1 Å². The van der Waals surface area contributed by atoms with Crippen LogP contribution in [0.4, 0.5) is 13.2 Å². The Morgan fingerprint density at radius 3 is 2.09 bits per heavy atom. The monoisotopic (exact) mass is 303 g/mol. The molecular weight excluding hydrogens is 291 g/mol. The second kappa shape index (κ2) is 5.29. The summed E-state index contributed by atoms with van der Waals surface area (Å²) in [7, 11) is 1.71. The van der Waals surface area contributed by atoms with E-state index in [1.807, 2.05) is 30.3 Å². The first-order valence-corrected chi connectivity index (χ1v) is 6.59. The molecule has 3 rings (SSSR count). The molecule has 6 heteroatoms. The third-order valence-corrected chi connectivity index (χ3v) is 3.27. The fraction of sp³-hybridized carbons (Fsp3) is 0.125. The molecule has 0 saturated carbocycles. The molecule has 0 unspecified atom stereocenters. The largest absolute Gasteiger partial charge is 0.416 e. The van der Waals surface area contributed by atoms with Crippen LogP contribution in [-0.2, 0) is 13.2 Å². The lowest BCUT2D eigenvalue weighted by atomic mass is 10.1. The maximum Gasteiger partial charge on any atom is 0.416 e. The standard InChI is InChI=1S/C16H12F3N3/c1-22-15(12-7-9-13(10-8-12)16(17,18)19)20-14(21-22)11-5-3-2-4-6-11/h2-10H,1H3. The van der Waals surface area contributed by atoms with E-state index in [4.69, 9.17) is 0 Å². The Kier molecular flexibility index (Phi) is 3.44. The van der Waals surface area contributed by atoms with E-state index < -0.39 is 11.7 Å². The zero-order chi connectivity index (χ0) is 15.7. The molecule has 1 heterocycles. The molecule has 0 aliphatic heterocycles. The van der Waals surface area contributed by atoms with Crippen molar-refractivity contribution < 1.29 is 13.2 Å². The predicted octanol–water partition coefficient (Wildman–Crippen LogP) is 4.17. The number of aryl methyl sites for hydroxylation is 1. The van der Waals surface area contributed by atoms with E-state index in [9.17, 15) is 13.2 Å². The second-order valence-corrected chi connectivity index (χ2v) is 4.82. The number of hydrogen-bond donors (Lipinski definition) is 0. The van der Waals surface area contributed by atoms with Gasteiger partial charge in [-0.15, -0.1) is 0 Å². The van der Waals surface area contributed by atoms with Crippen LogP contribution >= 0.6 is 0 Å². The SMILES string of the molecule is Cn1nc(-c2ccccc2)nc1-c1ccc(C(F)(F)F)cc1. The van der Waals surface area contributed by atoms with Crippen LogP contribution in [0.2, 0.25) is 0 Å². The summed E-state index contributed by atoms with van der Waals surface area (Å²) in [5, 5.41) is 4.31. The quantitative estimate of drug-likeness (QED) is 0.711. The van der Waals surface area contributed by atoms with E-state index in [2.05, 4.69) is 10.1 Å². The molecule has 0 aliphatic rings. The van der Waals surface area contributed by atoms with Gasteiger partial charge in [-0.25, -0.2) is 9.67 Å². The third-order valence-electron chi connectivity index (χ3n) is 3.27. The smallest absolute Gasteiger partial charge is 0.248 e. The number of halogens is 3. The minimum atomic E-state index is -4.34. The molecule has 0 N–H and O–H groups in total. The highest BCUT2D eigenvalue weighted by Gasteiger charge is 2.30. The van der Waals surface area contributed by atoms with E-state index in [-0.39, 0.29) is 0 Å². The molecule has 22 heavy (non-hydrogen) atoms. The number of benzene rings is 2. The molecule has 2 aromatic carbocycles. The zero-order valence-corrected chi connectivity index (χ0v) is 11.7. The Bertz CT molecular complexity index is 775. The van der Waals surface area contributed by atoms with Crippen LogP contribution in [0.1, 0.15) is 5.56 Å². The molecule has 3 aromatic rings. The van der Waals surface area contributed by atoms with Gasteiger partial charge in [-0.2, -0.15) is 18.3 Å². The maximum atomic E-state index is 12.6. The molecule has 0 spiro atoms. The number of alkyl halides is 3. The summed E-state index contributed by atoms with van der Waals surface area (Å²) < 4.78 is 39.3. The Morgan fingerprint density at radius 1 is 0.864 bits per heavy atom. The Morgan fingerprint density at radius 2 is 1.50 bits per heavy atom. The first-order valence-electron chi connectivity index (χ1n) is 6.59. The average molecular weight is 303 g/mol. The summed E-state index contributed by atoms with van der Waals surface area (Å²) in [4.78, 5) is 4.41. The van der Waals surface area contributed by atoms with Crippen LogP contribution in [0.15, 0.2) is 54.6 Å². The molecule has 1 aromatic heterocycles. The first-order chi connectivity index (χ1) is 10.4. The van der Waals surface area contributed by atoms with Gasteiger partial charge < -0.3 is 0 Å². The molecule has 0 saturated heterocycles. The first kappa shape index (κ1) is 14.3. The molecule has 112 valence electrons. The molecule has 0 aliphatic carbocycles. The van der Waals surface area contributed by atoms with Gasteiger partial charge in [0.2, 0.25) is 0 Å². The van der Waals surface area contributed by atoms with Crippen LogP contribution in [0.5, 0.6) is 0 Å². The highest BCUT2D eigenvalue weighted by Crippen LogP contribution is 2.31. The molecule has 0 radical (unpaired) electrons. The average Bonchev–Trinajstić information content (AvgIpc) is 2.89. The summed E-state index contributed by atoms with van der Waals surface area (Å²) in [6.07, 6.45) is -4.34. The van der Waals surface area contributed by atoms with E-state index in [0.29, 0.717) is 17.2 Å². The van der Waals surface area contributed by atoms with Gasteiger partial charge >= 0.3 is 6.18 Å². The summed E-state index contributed by atoms with van der Waals surface area (Å²) in [5.74, 6) is 1.06. The summed E-state index contributed by atoms with van der Waals surface area (Å²) >= 11 is 0. The summed E-state index contributed by atoms with van der Waals surface area (Å²) in [5.41, 5.74) is 0.767. The van der Waals surface area contributed by atoms with Crippen molar-refractivity contribution in [3.63, 3.8) is 0 Å². The molecule has 0 fully saturated rings. The van der Waals surface area contributed by atoms with Crippen molar-refractivity contribution in [1.29, 1.82) is 0 Å². The lowest BCUT2D eigenvalue weighted by molar-refractivity contribution is -0.137. The van der Waals surface area contributed by atoms with E-state index in [1.54, 1.807) is 11.7 Å². The normalized spacial score (nSPS) is 11.6. The maximum absolute atomic E-state index is 12.6. The molecule has 0 bridgehead atoms. The van der Waals surface area contributed by atoms with Gasteiger partial charge in [0.05, 0.1) is 5.56 Å². The Hall–Kier alpha value is -2.63. The van der Waals surface area contributed by atoms with Gasteiger partial charge in [-0.3, -0.25) is 0 Å². The molecule has 3 nitrogen and oxygen atoms in total. The number of nitrogens with zero attached hydrogens (tertiary/aromatic N) is 3. The fourth-order valence-corrected chi connectivity index (χ4v) is 2.15. The number of hydrogen-bond acceptors (Lipinski definition) is 2. The van der Waals surface area contributed by atoms with Gasteiger partial charge in [0.15, 0.2) is 11.6 Å². The number of rotatable bonds is 2. The van der Waals surface area contributed by atoms with Gasteiger partial charge in [-0.1, -0.05) is 42.5 Å². The van der Waals surface area contributed by atoms with Crippen molar-refractivity contribution in [2.24, 2.45) is 7.05 Å². The second-order valence-electron chi connectivity index (χ2n) is 4.82. The molecule has 0 atom stereocenters. The van der Waals surface area contributed by atoms with E-state index in [0.717, 1.165) is 17.7 Å². The highest BCUT2D eigenvalue weighted by atomic mass is 19.4. The van der Waals surface area contributed by atoms with Crippen molar-refractivity contribution in [2.75, 3.05) is 0 Å². The van der Waals surface area contributed by atoms with Crippen molar-refractivity contribution in [1.82, 2.24) is 14.8 Å². The van der Waals surface area contributed by atoms with Crippen molar-refractivity contribution in [3.8, 4) is 22.8 Å². The van der Waals surface area contributed by atoms with Crippen LogP contribution in [-0.4, -0.2) is 14.8 Å². The van der Waals surface area contributed by atoms with Gasteiger partial charge in [0.25, 0.3) is 0 Å². The lowest BCUT2D eigenvalue weighted by Crippen LogP contribution is -2.04. The molecular formula is C16H12F3N3. The van der Waals surface area contributed by atoms with Crippen molar-refractivity contribution in [3.05, 3.63) is 60.2 Å². The third kappa shape index (κ3) is 2.72. The topological polar surface area (TPSA) is 30.7 Å². The van der Waals surface area contributed by atoms with Crippen LogP contribution in [0, 0.1) is 0 Å². The zero-order valence-electron chi connectivity index (χ0n) is 11.7. The number of aromatic nitrogens is 3. The van der Waals surface area contributed by atoms with Gasteiger partial charge in [0, 0.05) is 18.2 Å². The Labute approximate surface area is 125 Å².